The lowest BCUT2D eigenvalue weighted by Crippen LogP contribution is -2.21. The molecule has 0 spiro atoms. The number of rotatable bonds is 5. The van der Waals surface area contributed by atoms with E-state index in [1.165, 1.54) is 45.4 Å². The minimum Gasteiger partial charge on any atom is -0.316 e. The largest absolute Gasteiger partial charge is 0.316 e. The fourth-order valence-corrected chi connectivity index (χ4v) is 2.24. The summed E-state index contributed by atoms with van der Waals surface area (Å²) in [7, 11) is 0. The first kappa shape index (κ1) is 9.47. The Morgan fingerprint density at radius 3 is 2.92 bits per heavy atom. The van der Waals surface area contributed by atoms with Crippen LogP contribution in [0.5, 0.6) is 0 Å². The Labute approximate surface area is 81.5 Å². The van der Waals surface area contributed by atoms with Crippen LogP contribution in [0.15, 0.2) is 0 Å². The van der Waals surface area contributed by atoms with E-state index < -0.39 is 0 Å². The molecule has 0 radical (unpaired) electrons. The smallest absolute Gasteiger partial charge is 0.00179 e. The second-order valence-electron chi connectivity index (χ2n) is 4.82. The van der Waals surface area contributed by atoms with Crippen molar-refractivity contribution in [3.8, 4) is 0 Å². The molecule has 2 N–H and O–H groups in total. The van der Waals surface area contributed by atoms with Crippen molar-refractivity contribution >= 4 is 0 Å². The lowest BCUT2D eigenvalue weighted by atomic mass is 10.1. The van der Waals surface area contributed by atoms with Crippen LogP contribution in [0.4, 0.5) is 0 Å². The van der Waals surface area contributed by atoms with Gasteiger partial charge in [0.2, 0.25) is 0 Å². The molecule has 1 saturated carbocycles. The van der Waals surface area contributed by atoms with Gasteiger partial charge in [-0.3, -0.25) is 0 Å². The van der Waals surface area contributed by atoms with Gasteiger partial charge in [-0.05, 0) is 63.2 Å². The van der Waals surface area contributed by atoms with E-state index in [1.807, 2.05) is 0 Å². The highest BCUT2D eigenvalue weighted by Gasteiger charge is 2.31. The van der Waals surface area contributed by atoms with Gasteiger partial charge in [0, 0.05) is 0 Å². The van der Waals surface area contributed by atoms with Crippen LogP contribution in [0.2, 0.25) is 0 Å². The second kappa shape index (κ2) is 4.43. The van der Waals surface area contributed by atoms with E-state index in [9.17, 15) is 0 Å². The maximum Gasteiger partial charge on any atom is -0.00179 e. The molecule has 0 bridgehead atoms. The van der Waals surface area contributed by atoms with Gasteiger partial charge in [-0.15, -0.1) is 0 Å². The van der Waals surface area contributed by atoms with Crippen LogP contribution in [0.3, 0.4) is 0 Å². The Hall–Kier alpha value is -0.0800. The molecule has 2 rings (SSSR count). The van der Waals surface area contributed by atoms with E-state index in [0.29, 0.717) is 0 Å². The third kappa shape index (κ3) is 2.96. The standard InChI is InChI=1S/C11H22N2/c1-9-6-11(9)8-13-5-3-10-2-4-12-7-10/h9-13H,2-8H2,1H3. The predicted molar refractivity (Wildman–Crippen MR) is 55.7 cm³/mol. The van der Waals surface area contributed by atoms with Gasteiger partial charge >= 0.3 is 0 Å². The SMILES string of the molecule is CC1CC1CNCCC1CCNC1. The van der Waals surface area contributed by atoms with Gasteiger partial charge in [-0.25, -0.2) is 0 Å². The van der Waals surface area contributed by atoms with Crippen LogP contribution in [-0.2, 0) is 0 Å². The van der Waals surface area contributed by atoms with E-state index in [1.54, 1.807) is 0 Å². The topological polar surface area (TPSA) is 24.1 Å². The average molecular weight is 182 g/mol. The molecule has 1 aliphatic heterocycles. The van der Waals surface area contributed by atoms with Crippen LogP contribution >= 0.6 is 0 Å². The van der Waals surface area contributed by atoms with Crippen LogP contribution in [-0.4, -0.2) is 26.2 Å². The highest BCUT2D eigenvalue weighted by atomic mass is 14.9. The highest BCUT2D eigenvalue weighted by molar-refractivity contribution is 4.84. The van der Waals surface area contributed by atoms with Gasteiger partial charge in [0.05, 0.1) is 0 Å². The molecule has 0 aromatic rings. The van der Waals surface area contributed by atoms with Crippen molar-refractivity contribution in [1.82, 2.24) is 10.6 Å². The van der Waals surface area contributed by atoms with E-state index in [0.717, 1.165) is 17.8 Å². The van der Waals surface area contributed by atoms with E-state index in [-0.39, 0.29) is 0 Å². The zero-order valence-corrected chi connectivity index (χ0v) is 8.68. The minimum absolute atomic E-state index is 0.948. The summed E-state index contributed by atoms with van der Waals surface area (Å²) >= 11 is 0. The summed E-state index contributed by atoms with van der Waals surface area (Å²) in [5, 5.41) is 6.99. The normalized spacial score (nSPS) is 38.1. The monoisotopic (exact) mass is 182 g/mol. The van der Waals surface area contributed by atoms with Crippen molar-refractivity contribution < 1.29 is 0 Å². The van der Waals surface area contributed by atoms with Gasteiger partial charge in [0.1, 0.15) is 0 Å². The first-order valence-electron chi connectivity index (χ1n) is 5.77. The molecule has 0 amide bonds. The van der Waals surface area contributed by atoms with Crippen molar-refractivity contribution in [1.29, 1.82) is 0 Å². The molecule has 0 aromatic carbocycles. The molecule has 1 saturated heterocycles. The van der Waals surface area contributed by atoms with Gasteiger partial charge in [0.15, 0.2) is 0 Å². The van der Waals surface area contributed by atoms with Crippen molar-refractivity contribution in [3.05, 3.63) is 0 Å². The molecule has 2 fully saturated rings. The van der Waals surface area contributed by atoms with E-state index in [4.69, 9.17) is 0 Å². The first-order valence-corrected chi connectivity index (χ1v) is 5.77. The Balaban J connectivity index is 1.44. The molecule has 0 aromatic heterocycles. The molecule has 3 unspecified atom stereocenters. The highest BCUT2D eigenvalue weighted by Crippen LogP contribution is 2.36. The third-order valence-electron chi connectivity index (χ3n) is 3.57. The summed E-state index contributed by atoms with van der Waals surface area (Å²) in [6.45, 7) is 7.34. The summed E-state index contributed by atoms with van der Waals surface area (Å²) in [6.07, 6.45) is 4.22. The van der Waals surface area contributed by atoms with Gasteiger partial charge in [-0.1, -0.05) is 6.92 Å². The number of nitrogens with one attached hydrogen (secondary N) is 2. The number of hydrogen-bond donors (Lipinski definition) is 2. The van der Waals surface area contributed by atoms with Gasteiger partial charge < -0.3 is 10.6 Å². The summed E-state index contributed by atoms with van der Waals surface area (Å²) < 4.78 is 0. The molecular formula is C11H22N2. The van der Waals surface area contributed by atoms with Crippen LogP contribution in [0.1, 0.15) is 26.2 Å². The maximum atomic E-state index is 3.58. The molecular weight excluding hydrogens is 160 g/mol. The molecule has 2 nitrogen and oxygen atoms in total. The Bertz CT molecular complexity index is 152. The van der Waals surface area contributed by atoms with Crippen molar-refractivity contribution in [2.75, 3.05) is 26.2 Å². The average Bonchev–Trinajstić information content (AvgIpc) is 2.67. The van der Waals surface area contributed by atoms with Crippen molar-refractivity contribution in [2.24, 2.45) is 17.8 Å². The third-order valence-corrected chi connectivity index (χ3v) is 3.57. The van der Waals surface area contributed by atoms with E-state index >= 15 is 0 Å². The number of hydrogen-bond acceptors (Lipinski definition) is 2. The second-order valence-corrected chi connectivity index (χ2v) is 4.82. The summed E-state index contributed by atoms with van der Waals surface area (Å²) in [4.78, 5) is 0. The maximum absolute atomic E-state index is 3.58. The minimum atomic E-state index is 0.948. The van der Waals surface area contributed by atoms with Gasteiger partial charge in [-0.2, -0.15) is 0 Å². The van der Waals surface area contributed by atoms with Crippen LogP contribution < -0.4 is 10.6 Å². The Morgan fingerprint density at radius 1 is 1.46 bits per heavy atom. The molecule has 76 valence electrons. The fourth-order valence-electron chi connectivity index (χ4n) is 2.24. The van der Waals surface area contributed by atoms with Crippen LogP contribution in [0.25, 0.3) is 0 Å². The lowest BCUT2D eigenvalue weighted by Gasteiger charge is -2.08. The quantitative estimate of drug-likeness (QED) is 0.625. The molecule has 2 heteroatoms. The van der Waals surface area contributed by atoms with Crippen molar-refractivity contribution in [3.63, 3.8) is 0 Å². The van der Waals surface area contributed by atoms with Gasteiger partial charge in [0.25, 0.3) is 0 Å². The van der Waals surface area contributed by atoms with E-state index in [2.05, 4.69) is 17.6 Å². The Morgan fingerprint density at radius 2 is 2.31 bits per heavy atom. The predicted octanol–water partition coefficient (Wildman–Crippen LogP) is 1.23. The summed E-state index contributed by atoms with van der Waals surface area (Å²) in [5.74, 6) is 2.95. The van der Waals surface area contributed by atoms with Crippen LogP contribution in [0, 0.1) is 17.8 Å². The first-order chi connectivity index (χ1) is 6.36. The molecule has 3 atom stereocenters. The molecule has 13 heavy (non-hydrogen) atoms. The zero-order valence-electron chi connectivity index (χ0n) is 8.68. The lowest BCUT2D eigenvalue weighted by molar-refractivity contribution is 0.490. The Kier molecular flexibility index (Phi) is 3.23. The zero-order chi connectivity index (χ0) is 9.10. The summed E-state index contributed by atoms with van der Waals surface area (Å²) in [6, 6.07) is 0. The fraction of sp³-hybridized carbons (Fsp3) is 1.00. The van der Waals surface area contributed by atoms with Crippen molar-refractivity contribution in [2.45, 2.75) is 26.2 Å². The molecule has 1 heterocycles. The molecule has 2 aliphatic rings. The summed E-state index contributed by atoms with van der Waals surface area (Å²) in [5.41, 5.74) is 0. The molecule has 1 aliphatic carbocycles.